The normalized spacial score (nSPS) is 15.6. The highest BCUT2D eigenvalue weighted by Crippen LogP contribution is 2.34. The molecule has 6 heteroatoms. The molecule has 1 saturated carbocycles. The van der Waals surface area contributed by atoms with E-state index in [1.165, 1.54) is 6.20 Å². The van der Waals surface area contributed by atoms with E-state index < -0.39 is 5.97 Å². The van der Waals surface area contributed by atoms with Gasteiger partial charge in [-0.15, -0.1) is 0 Å². The summed E-state index contributed by atoms with van der Waals surface area (Å²) >= 11 is 0. The summed E-state index contributed by atoms with van der Waals surface area (Å²) in [6.45, 7) is 0. The van der Waals surface area contributed by atoms with Gasteiger partial charge in [-0.2, -0.15) is 0 Å². The van der Waals surface area contributed by atoms with E-state index in [4.69, 9.17) is 5.11 Å². The van der Waals surface area contributed by atoms with Crippen LogP contribution in [0.1, 0.15) is 29.8 Å². The van der Waals surface area contributed by atoms with Gasteiger partial charge in [0.05, 0.1) is 23.7 Å². The number of aliphatic carboxylic acids is 1. The third-order valence-corrected chi connectivity index (χ3v) is 3.58. The third-order valence-electron chi connectivity index (χ3n) is 3.58. The minimum absolute atomic E-state index is 0.0581. The van der Waals surface area contributed by atoms with Crippen LogP contribution in [0.15, 0.2) is 30.5 Å². The number of aromatic nitrogens is 2. The van der Waals surface area contributed by atoms with Crippen molar-refractivity contribution in [3.63, 3.8) is 0 Å². The number of carboxylic acids is 1. The fraction of sp³-hybridized carbons (Fsp3) is 0.333. The van der Waals surface area contributed by atoms with Crippen LogP contribution >= 0.6 is 0 Å². The Labute approximate surface area is 121 Å². The highest BCUT2D eigenvalue weighted by Gasteiger charge is 2.34. The van der Waals surface area contributed by atoms with Crippen LogP contribution < -0.4 is 5.32 Å². The number of carbonyl (C=O) groups is 2. The highest BCUT2D eigenvalue weighted by molar-refractivity contribution is 5.94. The van der Waals surface area contributed by atoms with Crippen molar-refractivity contribution in [2.45, 2.75) is 25.3 Å². The molecule has 1 fully saturated rings. The Balaban J connectivity index is 1.77. The van der Waals surface area contributed by atoms with E-state index in [1.54, 1.807) is 6.07 Å². The van der Waals surface area contributed by atoms with Crippen molar-refractivity contribution in [3.8, 4) is 0 Å². The number of carbonyl (C=O) groups excluding carboxylic acids is 1. The van der Waals surface area contributed by atoms with E-state index >= 15 is 0 Å². The number of nitrogens with zero attached hydrogens (tertiary/aromatic N) is 2. The van der Waals surface area contributed by atoms with Crippen molar-refractivity contribution >= 4 is 22.9 Å². The van der Waals surface area contributed by atoms with Gasteiger partial charge in [0.1, 0.15) is 5.69 Å². The molecule has 108 valence electrons. The molecule has 1 aliphatic rings. The SMILES string of the molecule is O=C(O)CC(NC(=O)c1cnc2ccccc2n1)C1CC1. The highest BCUT2D eigenvalue weighted by atomic mass is 16.4. The van der Waals surface area contributed by atoms with Gasteiger partial charge >= 0.3 is 5.97 Å². The summed E-state index contributed by atoms with van der Waals surface area (Å²) in [5.74, 6) is -1.01. The number of para-hydroxylation sites is 2. The number of rotatable bonds is 5. The third kappa shape index (κ3) is 3.16. The Morgan fingerprint density at radius 1 is 1.29 bits per heavy atom. The Morgan fingerprint density at radius 2 is 2.00 bits per heavy atom. The molecule has 0 saturated heterocycles. The molecule has 3 rings (SSSR count). The first-order chi connectivity index (χ1) is 10.1. The van der Waals surface area contributed by atoms with E-state index in [-0.39, 0.29) is 30.0 Å². The monoisotopic (exact) mass is 285 g/mol. The molecular formula is C15H15N3O3. The van der Waals surface area contributed by atoms with Gasteiger partial charge in [-0.25, -0.2) is 4.98 Å². The Hall–Kier alpha value is -2.50. The van der Waals surface area contributed by atoms with Crippen LogP contribution in [0.4, 0.5) is 0 Å². The van der Waals surface area contributed by atoms with E-state index in [2.05, 4.69) is 15.3 Å². The lowest BCUT2D eigenvalue weighted by Crippen LogP contribution is -2.38. The second-order valence-electron chi connectivity index (χ2n) is 5.26. The van der Waals surface area contributed by atoms with Gasteiger partial charge in [-0.05, 0) is 30.9 Å². The zero-order valence-corrected chi connectivity index (χ0v) is 11.3. The number of fused-ring (bicyclic) bond motifs is 1. The standard InChI is InChI=1S/C15H15N3O3/c19-14(20)7-12(9-5-6-9)18-15(21)13-8-16-10-3-1-2-4-11(10)17-13/h1-4,8-9,12H,5-7H2,(H,18,21)(H,19,20). The van der Waals surface area contributed by atoms with E-state index in [0.29, 0.717) is 5.52 Å². The number of benzene rings is 1. The van der Waals surface area contributed by atoms with Crippen molar-refractivity contribution in [2.75, 3.05) is 0 Å². The van der Waals surface area contributed by atoms with E-state index in [0.717, 1.165) is 18.4 Å². The minimum Gasteiger partial charge on any atom is -0.481 e. The Morgan fingerprint density at radius 3 is 2.67 bits per heavy atom. The summed E-state index contributed by atoms with van der Waals surface area (Å²) in [7, 11) is 0. The number of hydrogen-bond acceptors (Lipinski definition) is 4. The largest absolute Gasteiger partial charge is 0.481 e. The molecule has 2 N–H and O–H groups in total. The molecule has 21 heavy (non-hydrogen) atoms. The van der Waals surface area contributed by atoms with Gasteiger partial charge in [0, 0.05) is 6.04 Å². The molecule has 1 heterocycles. The maximum atomic E-state index is 12.2. The zero-order chi connectivity index (χ0) is 14.8. The van der Waals surface area contributed by atoms with Crippen LogP contribution in [0.5, 0.6) is 0 Å². The second-order valence-corrected chi connectivity index (χ2v) is 5.26. The van der Waals surface area contributed by atoms with Crippen LogP contribution in [0.2, 0.25) is 0 Å². The molecule has 2 aromatic rings. The average molecular weight is 285 g/mol. The molecule has 0 aliphatic heterocycles. The molecule has 1 aromatic heterocycles. The topological polar surface area (TPSA) is 92.2 Å². The molecule has 0 spiro atoms. The first-order valence-electron chi connectivity index (χ1n) is 6.88. The summed E-state index contributed by atoms with van der Waals surface area (Å²) < 4.78 is 0. The lowest BCUT2D eigenvalue weighted by atomic mass is 10.1. The number of hydrogen-bond donors (Lipinski definition) is 2. The fourth-order valence-corrected chi connectivity index (χ4v) is 2.33. The maximum absolute atomic E-state index is 12.2. The quantitative estimate of drug-likeness (QED) is 0.870. The van der Waals surface area contributed by atoms with E-state index in [1.807, 2.05) is 18.2 Å². The summed E-state index contributed by atoms with van der Waals surface area (Å²) in [5, 5.41) is 11.7. The summed E-state index contributed by atoms with van der Waals surface area (Å²) in [6.07, 6.45) is 3.28. The number of carboxylic acid groups (broad SMARTS) is 1. The van der Waals surface area contributed by atoms with Crippen LogP contribution in [-0.4, -0.2) is 33.0 Å². The molecule has 1 aliphatic carbocycles. The molecule has 1 atom stereocenters. The van der Waals surface area contributed by atoms with Crippen LogP contribution in [0, 0.1) is 5.92 Å². The Kier molecular flexibility index (Phi) is 3.51. The first kappa shape index (κ1) is 13.5. The van der Waals surface area contributed by atoms with Crippen molar-refractivity contribution < 1.29 is 14.7 Å². The predicted octanol–water partition coefficient (Wildman–Crippen LogP) is 1.61. The number of nitrogens with one attached hydrogen (secondary N) is 1. The summed E-state index contributed by atoms with van der Waals surface area (Å²) in [5.41, 5.74) is 1.58. The molecule has 6 nitrogen and oxygen atoms in total. The fourth-order valence-electron chi connectivity index (χ4n) is 2.33. The second kappa shape index (κ2) is 5.47. The zero-order valence-electron chi connectivity index (χ0n) is 11.3. The molecular weight excluding hydrogens is 270 g/mol. The van der Waals surface area contributed by atoms with Gasteiger partial charge in [0.15, 0.2) is 0 Å². The average Bonchev–Trinajstić information content (AvgIpc) is 3.30. The summed E-state index contributed by atoms with van der Waals surface area (Å²) in [4.78, 5) is 31.5. The van der Waals surface area contributed by atoms with Crippen molar-refractivity contribution in [1.82, 2.24) is 15.3 Å². The van der Waals surface area contributed by atoms with Crippen LogP contribution in [-0.2, 0) is 4.79 Å². The Bertz CT molecular complexity index is 697. The van der Waals surface area contributed by atoms with Gasteiger partial charge in [0.25, 0.3) is 5.91 Å². The van der Waals surface area contributed by atoms with Crippen molar-refractivity contribution in [2.24, 2.45) is 5.92 Å². The summed E-state index contributed by atoms with van der Waals surface area (Å²) in [6, 6.07) is 6.96. The molecule has 0 bridgehead atoms. The van der Waals surface area contributed by atoms with Crippen molar-refractivity contribution in [1.29, 1.82) is 0 Å². The van der Waals surface area contributed by atoms with E-state index in [9.17, 15) is 9.59 Å². The van der Waals surface area contributed by atoms with Crippen LogP contribution in [0.3, 0.4) is 0 Å². The molecule has 1 aromatic carbocycles. The van der Waals surface area contributed by atoms with Gasteiger partial charge in [-0.3, -0.25) is 14.6 Å². The van der Waals surface area contributed by atoms with Crippen molar-refractivity contribution in [3.05, 3.63) is 36.2 Å². The lowest BCUT2D eigenvalue weighted by Gasteiger charge is -2.15. The van der Waals surface area contributed by atoms with Crippen LogP contribution in [0.25, 0.3) is 11.0 Å². The number of amides is 1. The molecule has 1 amide bonds. The maximum Gasteiger partial charge on any atom is 0.305 e. The lowest BCUT2D eigenvalue weighted by molar-refractivity contribution is -0.137. The van der Waals surface area contributed by atoms with Gasteiger partial charge in [0.2, 0.25) is 0 Å². The molecule has 1 unspecified atom stereocenters. The van der Waals surface area contributed by atoms with Gasteiger partial charge in [-0.1, -0.05) is 12.1 Å². The first-order valence-corrected chi connectivity index (χ1v) is 6.88. The molecule has 0 radical (unpaired) electrons. The van der Waals surface area contributed by atoms with Gasteiger partial charge < -0.3 is 10.4 Å². The minimum atomic E-state index is -0.906. The predicted molar refractivity (Wildman–Crippen MR) is 75.8 cm³/mol. The smallest absolute Gasteiger partial charge is 0.305 e.